The van der Waals surface area contributed by atoms with E-state index >= 15 is 0 Å². The second kappa shape index (κ2) is 11.8. The van der Waals surface area contributed by atoms with Gasteiger partial charge in [0.25, 0.3) is 0 Å². The molecule has 4 heteroatoms. The Balaban J connectivity index is 1.16. The maximum atomic E-state index is 5.31. The van der Waals surface area contributed by atoms with Gasteiger partial charge in [0.15, 0.2) is 17.5 Å². The van der Waals surface area contributed by atoms with Crippen LogP contribution in [0.3, 0.4) is 0 Å². The van der Waals surface area contributed by atoms with Gasteiger partial charge in [-0.2, -0.15) is 0 Å². The van der Waals surface area contributed by atoms with Crippen LogP contribution in [0.1, 0.15) is 22.3 Å². The van der Waals surface area contributed by atoms with Crippen molar-refractivity contribution in [3.8, 4) is 62.1 Å². The van der Waals surface area contributed by atoms with Gasteiger partial charge in [-0.1, -0.05) is 176 Å². The first-order valence-corrected chi connectivity index (χ1v) is 19.1. The molecule has 0 fully saturated rings. The van der Waals surface area contributed by atoms with Crippen molar-refractivity contribution < 1.29 is 0 Å². The lowest BCUT2D eigenvalue weighted by Crippen LogP contribution is -2.33. The van der Waals surface area contributed by atoms with E-state index in [2.05, 4.69) is 174 Å². The van der Waals surface area contributed by atoms with Crippen LogP contribution in [0.5, 0.6) is 0 Å². The second-order valence-corrected chi connectivity index (χ2v) is 14.7. The van der Waals surface area contributed by atoms with Crippen molar-refractivity contribution in [3.05, 3.63) is 216 Å². The van der Waals surface area contributed by atoms with Gasteiger partial charge in [0.05, 0.1) is 22.1 Å². The zero-order valence-electron chi connectivity index (χ0n) is 30.3. The molecule has 3 heterocycles. The molecule has 10 aromatic rings. The fourth-order valence-corrected chi connectivity index (χ4v) is 9.61. The summed E-state index contributed by atoms with van der Waals surface area (Å²) in [5.74, 6) is 1.93. The molecule has 0 bridgehead atoms. The standard InChI is InChI=1S/C52H32N4/c1-3-16-33(17-4-1)35-20-13-21-36(32-35)50-53-49(34-18-5-2-6-19-34)54-51(55-50)40-25-15-31-46-47(40)39-24-14-29-44-48(39)56(46)45-30-12-11-28-43(45)52(44)41-26-9-7-22-37(41)38-23-8-10-27-42(38)52/h1-32H. The van der Waals surface area contributed by atoms with Gasteiger partial charge in [0, 0.05) is 27.5 Å². The second-order valence-electron chi connectivity index (χ2n) is 14.7. The Kier molecular flexibility index (Phi) is 6.52. The van der Waals surface area contributed by atoms with E-state index < -0.39 is 5.41 Å². The highest BCUT2D eigenvalue weighted by Crippen LogP contribution is 2.61. The summed E-state index contributed by atoms with van der Waals surface area (Å²) in [5, 5.41) is 2.31. The lowest BCUT2D eigenvalue weighted by atomic mass is 9.65. The van der Waals surface area contributed by atoms with Gasteiger partial charge in [-0.25, -0.2) is 15.0 Å². The molecule has 4 nitrogen and oxygen atoms in total. The van der Waals surface area contributed by atoms with Crippen molar-refractivity contribution in [3.63, 3.8) is 0 Å². The summed E-state index contributed by atoms with van der Waals surface area (Å²) >= 11 is 0. The van der Waals surface area contributed by atoms with Crippen molar-refractivity contribution in [1.82, 2.24) is 19.5 Å². The molecular formula is C52H32N4. The average Bonchev–Trinajstić information content (AvgIpc) is 3.78. The van der Waals surface area contributed by atoms with Gasteiger partial charge < -0.3 is 4.57 Å². The molecular weight excluding hydrogens is 681 g/mol. The molecule has 56 heavy (non-hydrogen) atoms. The molecule has 0 saturated carbocycles. The minimum Gasteiger partial charge on any atom is -0.309 e. The predicted octanol–water partition coefficient (Wildman–Crippen LogP) is 12.3. The van der Waals surface area contributed by atoms with Gasteiger partial charge in [-0.3, -0.25) is 0 Å². The first kappa shape index (κ1) is 31.0. The highest BCUT2D eigenvalue weighted by atomic mass is 15.0. The lowest BCUT2D eigenvalue weighted by molar-refractivity contribution is 0.748. The monoisotopic (exact) mass is 712 g/mol. The Hall–Kier alpha value is -7.43. The minimum absolute atomic E-state index is 0.474. The van der Waals surface area contributed by atoms with E-state index in [1.807, 2.05) is 24.3 Å². The summed E-state index contributed by atoms with van der Waals surface area (Å²) in [6, 6.07) is 69.5. The smallest absolute Gasteiger partial charge is 0.164 e. The van der Waals surface area contributed by atoms with E-state index in [4.69, 9.17) is 15.0 Å². The van der Waals surface area contributed by atoms with Crippen LogP contribution in [0, 0.1) is 0 Å². The third-order valence-corrected chi connectivity index (χ3v) is 11.9. The Morgan fingerprint density at radius 1 is 0.357 bits per heavy atom. The van der Waals surface area contributed by atoms with Crippen LogP contribution in [-0.4, -0.2) is 19.5 Å². The highest BCUT2D eigenvalue weighted by Gasteiger charge is 2.50. The van der Waals surface area contributed by atoms with E-state index in [-0.39, 0.29) is 0 Å². The number of nitrogens with zero attached hydrogens (tertiary/aromatic N) is 4. The van der Waals surface area contributed by atoms with Gasteiger partial charge in [0.1, 0.15) is 0 Å². The lowest BCUT2D eigenvalue weighted by Gasteiger charge is -2.39. The van der Waals surface area contributed by atoms with Crippen LogP contribution < -0.4 is 0 Å². The van der Waals surface area contributed by atoms with Crippen LogP contribution in [0.2, 0.25) is 0 Å². The first-order valence-electron chi connectivity index (χ1n) is 19.1. The van der Waals surface area contributed by atoms with Gasteiger partial charge in [0.2, 0.25) is 0 Å². The summed E-state index contributed by atoms with van der Waals surface area (Å²) in [7, 11) is 0. The summed E-state index contributed by atoms with van der Waals surface area (Å²) in [6.07, 6.45) is 0. The number of para-hydroxylation sites is 2. The maximum absolute atomic E-state index is 5.31. The SMILES string of the molecule is c1ccc(-c2cccc(-c3nc(-c4ccccc4)nc(-c4cccc5c4c4cccc6c4n5-c4ccccc4C64c5ccccc5-c5ccccc54)n3)c2)cc1. The topological polar surface area (TPSA) is 43.6 Å². The van der Waals surface area contributed by atoms with Crippen molar-refractivity contribution in [2.45, 2.75) is 5.41 Å². The fraction of sp³-hybridized carbons (Fsp3) is 0.0192. The largest absolute Gasteiger partial charge is 0.309 e. The summed E-state index contributed by atoms with van der Waals surface area (Å²) in [6.45, 7) is 0. The van der Waals surface area contributed by atoms with Crippen molar-refractivity contribution in [2.75, 3.05) is 0 Å². The van der Waals surface area contributed by atoms with E-state index in [0.29, 0.717) is 17.5 Å². The third-order valence-electron chi connectivity index (χ3n) is 11.9. The molecule has 0 N–H and O–H groups in total. The number of fused-ring (bicyclic) bond motifs is 12. The van der Waals surface area contributed by atoms with E-state index in [1.165, 1.54) is 50.0 Å². The molecule has 0 unspecified atom stereocenters. The average molecular weight is 713 g/mol. The molecule has 260 valence electrons. The summed E-state index contributed by atoms with van der Waals surface area (Å²) < 4.78 is 2.48. The van der Waals surface area contributed by atoms with E-state index in [0.717, 1.165) is 38.7 Å². The number of hydrogen-bond acceptors (Lipinski definition) is 3. The molecule has 8 aromatic carbocycles. The molecule has 0 atom stereocenters. The normalized spacial score (nSPS) is 13.1. The van der Waals surface area contributed by atoms with Gasteiger partial charge in [-0.05, 0) is 62.7 Å². The fourth-order valence-electron chi connectivity index (χ4n) is 9.61. The number of benzene rings is 8. The van der Waals surface area contributed by atoms with Crippen LogP contribution in [0.15, 0.2) is 194 Å². The molecule has 1 aliphatic carbocycles. The molecule has 0 amide bonds. The predicted molar refractivity (Wildman–Crippen MR) is 227 cm³/mol. The third kappa shape index (κ3) is 4.21. The van der Waals surface area contributed by atoms with E-state index in [9.17, 15) is 0 Å². The van der Waals surface area contributed by atoms with Crippen molar-refractivity contribution >= 4 is 21.8 Å². The van der Waals surface area contributed by atoms with Gasteiger partial charge in [-0.15, -0.1) is 0 Å². The van der Waals surface area contributed by atoms with Crippen LogP contribution in [-0.2, 0) is 5.41 Å². The molecule has 1 aliphatic heterocycles. The number of hydrogen-bond donors (Lipinski definition) is 0. The Labute approximate surface area is 324 Å². The van der Waals surface area contributed by atoms with Gasteiger partial charge >= 0.3 is 0 Å². The first-order chi connectivity index (χ1) is 27.8. The number of rotatable bonds is 4. The molecule has 0 radical (unpaired) electrons. The Morgan fingerprint density at radius 2 is 0.875 bits per heavy atom. The quantitative estimate of drug-likeness (QED) is 0.182. The summed E-state index contributed by atoms with van der Waals surface area (Å²) in [4.78, 5) is 15.7. The molecule has 2 aliphatic rings. The Morgan fingerprint density at radius 3 is 1.62 bits per heavy atom. The number of aromatic nitrogens is 4. The zero-order chi connectivity index (χ0) is 36.8. The zero-order valence-corrected chi connectivity index (χ0v) is 30.3. The van der Waals surface area contributed by atoms with Crippen LogP contribution >= 0.6 is 0 Å². The highest BCUT2D eigenvalue weighted by molar-refractivity contribution is 6.17. The summed E-state index contributed by atoms with van der Waals surface area (Å²) in [5.41, 5.74) is 16.0. The van der Waals surface area contributed by atoms with Crippen LogP contribution in [0.4, 0.5) is 0 Å². The molecule has 2 aromatic heterocycles. The van der Waals surface area contributed by atoms with Crippen molar-refractivity contribution in [2.24, 2.45) is 0 Å². The van der Waals surface area contributed by atoms with E-state index in [1.54, 1.807) is 0 Å². The van der Waals surface area contributed by atoms with Crippen LogP contribution in [0.25, 0.3) is 83.9 Å². The minimum atomic E-state index is -0.474. The maximum Gasteiger partial charge on any atom is 0.164 e. The molecule has 12 rings (SSSR count). The molecule has 0 saturated heterocycles. The Bertz CT molecular complexity index is 3150. The van der Waals surface area contributed by atoms with Crippen molar-refractivity contribution in [1.29, 1.82) is 0 Å². The molecule has 1 spiro atoms.